The second-order valence-electron chi connectivity index (χ2n) is 6.89. The van der Waals surface area contributed by atoms with Crippen molar-refractivity contribution < 1.29 is 27.5 Å². The van der Waals surface area contributed by atoms with Gasteiger partial charge in [-0.1, -0.05) is 54.6 Å². The molecule has 1 heterocycles. The van der Waals surface area contributed by atoms with E-state index in [0.29, 0.717) is 10.5 Å². The molecule has 2 aromatic rings. The lowest BCUT2D eigenvalue weighted by atomic mass is 9.89. The van der Waals surface area contributed by atoms with Crippen LogP contribution in [0.4, 0.5) is 13.2 Å². The summed E-state index contributed by atoms with van der Waals surface area (Å²) < 4.78 is 44.4. The standard InChI is InChI=1S/C21H21F3N2O3/c22-21(23,24)20(28)26-11-10-15-8-4-5-9-16(15)17(19(26)25)12-18(27)29-13-14-6-2-1-3-7-14/h1-9,17,19H,10-13,25H2. The monoisotopic (exact) mass is 406 g/mol. The Balaban J connectivity index is 1.80. The van der Waals surface area contributed by atoms with Crippen LogP contribution in [0.15, 0.2) is 54.6 Å². The van der Waals surface area contributed by atoms with Gasteiger partial charge in [0.2, 0.25) is 0 Å². The van der Waals surface area contributed by atoms with Crippen LogP contribution in [0, 0.1) is 0 Å². The number of nitrogens with two attached hydrogens (primary N) is 1. The lowest BCUT2D eigenvalue weighted by Gasteiger charge is -2.32. The third-order valence-corrected chi connectivity index (χ3v) is 4.98. The van der Waals surface area contributed by atoms with Gasteiger partial charge in [0.15, 0.2) is 0 Å². The first-order valence-corrected chi connectivity index (χ1v) is 9.18. The molecule has 29 heavy (non-hydrogen) atoms. The summed E-state index contributed by atoms with van der Waals surface area (Å²) in [6, 6.07) is 16.0. The van der Waals surface area contributed by atoms with Crippen LogP contribution >= 0.6 is 0 Å². The van der Waals surface area contributed by atoms with Crippen LogP contribution in [-0.2, 0) is 27.4 Å². The van der Waals surface area contributed by atoms with Gasteiger partial charge in [0, 0.05) is 12.5 Å². The number of rotatable bonds is 4. The molecule has 1 amide bonds. The van der Waals surface area contributed by atoms with Crippen molar-refractivity contribution >= 4 is 11.9 Å². The van der Waals surface area contributed by atoms with Gasteiger partial charge in [-0.15, -0.1) is 0 Å². The van der Waals surface area contributed by atoms with Crippen molar-refractivity contribution in [1.82, 2.24) is 4.90 Å². The Morgan fingerprint density at radius 2 is 1.72 bits per heavy atom. The molecule has 0 spiro atoms. The van der Waals surface area contributed by atoms with E-state index in [1.807, 2.05) is 6.07 Å². The molecule has 8 heteroatoms. The Morgan fingerprint density at radius 1 is 1.07 bits per heavy atom. The number of carbonyl (C=O) groups excluding carboxylic acids is 2. The zero-order valence-corrected chi connectivity index (χ0v) is 15.6. The average molecular weight is 406 g/mol. The summed E-state index contributed by atoms with van der Waals surface area (Å²) in [6.07, 6.45) is -6.34. The van der Waals surface area contributed by atoms with Crippen molar-refractivity contribution in [2.75, 3.05) is 6.54 Å². The molecular weight excluding hydrogens is 385 g/mol. The smallest absolute Gasteiger partial charge is 0.461 e. The summed E-state index contributed by atoms with van der Waals surface area (Å²) in [5.74, 6) is -3.39. The number of carbonyl (C=O) groups is 2. The van der Waals surface area contributed by atoms with Gasteiger partial charge in [0.05, 0.1) is 12.6 Å². The fourth-order valence-corrected chi connectivity index (χ4v) is 3.52. The average Bonchev–Trinajstić information content (AvgIpc) is 2.83. The minimum Gasteiger partial charge on any atom is -0.461 e. The highest BCUT2D eigenvalue weighted by Crippen LogP contribution is 2.33. The van der Waals surface area contributed by atoms with Gasteiger partial charge >= 0.3 is 18.1 Å². The predicted octanol–water partition coefficient (Wildman–Crippen LogP) is 3.14. The van der Waals surface area contributed by atoms with Crippen molar-refractivity contribution in [2.45, 2.75) is 37.7 Å². The molecule has 0 aliphatic carbocycles. The summed E-state index contributed by atoms with van der Waals surface area (Å²) in [5, 5.41) is 0. The normalized spacial score (nSPS) is 19.2. The van der Waals surface area contributed by atoms with Gasteiger partial charge in [-0.25, -0.2) is 0 Å². The SMILES string of the molecule is NC1C(CC(=O)OCc2ccccc2)c2ccccc2CCN1C(=O)C(F)(F)F. The summed E-state index contributed by atoms with van der Waals surface area (Å²) in [6.45, 7) is -0.124. The lowest BCUT2D eigenvalue weighted by molar-refractivity contribution is -0.188. The van der Waals surface area contributed by atoms with Gasteiger partial charge in [-0.05, 0) is 23.1 Å². The summed E-state index contributed by atoms with van der Waals surface area (Å²) in [7, 11) is 0. The zero-order valence-electron chi connectivity index (χ0n) is 15.6. The van der Waals surface area contributed by atoms with Crippen molar-refractivity contribution in [3.05, 3.63) is 71.3 Å². The highest BCUT2D eigenvalue weighted by atomic mass is 19.4. The van der Waals surface area contributed by atoms with E-state index in [-0.39, 0.29) is 26.0 Å². The summed E-state index contributed by atoms with van der Waals surface area (Å²) in [4.78, 5) is 24.9. The first kappa shape index (κ1) is 20.9. The fraction of sp³-hybridized carbons (Fsp3) is 0.333. The molecule has 2 unspecified atom stereocenters. The van der Waals surface area contributed by atoms with Crippen molar-refractivity contribution in [1.29, 1.82) is 0 Å². The summed E-state index contributed by atoms with van der Waals surface area (Å²) >= 11 is 0. The molecule has 0 radical (unpaired) electrons. The molecule has 2 N–H and O–H groups in total. The molecular formula is C21H21F3N2O3. The molecule has 2 atom stereocenters. The second-order valence-corrected chi connectivity index (χ2v) is 6.89. The molecule has 1 aliphatic heterocycles. The van der Waals surface area contributed by atoms with Crippen LogP contribution in [0.25, 0.3) is 0 Å². The summed E-state index contributed by atoms with van der Waals surface area (Å²) in [5.41, 5.74) is 8.31. The third-order valence-electron chi connectivity index (χ3n) is 4.98. The predicted molar refractivity (Wildman–Crippen MR) is 99.5 cm³/mol. The van der Waals surface area contributed by atoms with Gasteiger partial charge in [0.1, 0.15) is 6.61 Å². The fourth-order valence-electron chi connectivity index (χ4n) is 3.52. The van der Waals surface area contributed by atoms with Crippen LogP contribution in [-0.4, -0.2) is 35.7 Å². The van der Waals surface area contributed by atoms with Gasteiger partial charge in [-0.3, -0.25) is 9.59 Å². The number of fused-ring (bicyclic) bond motifs is 1. The quantitative estimate of drug-likeness (QED) is 0.792. The minimum atomic E-state index is -5.04. The van der Waals surface area contributed by atoms with Crippen LogP contribution < -0.4 is 5.73 Å². The number of ether oxygens (including phenoxy) is 1. The minimum absolute atomic E-state index is 0.0501. The van der Waals surface area contributed by atoms with Crippen LogP contribution in [0.3, 0.4) is 0 Å². The van der Waals surface area contributed by atoms with E-state index >= 15 is 0 Å². The van der Waals surface area contributed by atoms with E-state index in [9.17, 15) is 22.8 Å². The highest BCUT2D eigenvalue weighted by molar-refractivity contribution is 5.82. The van der Waals surface area contributed by atoms with Gasteiger partial charge in [-0.2, -0.15) is 13.2 Å². The van der Waals surface area contributed by atoms with Crippen LogP contribution in [0.2, 0.25) is 0 Å². The topological polar surface area (TPSA) is 72.6 Å². The molecule has 0 aromatic heterocycles. The number of benzene rings is 2. The second kappa shape index (κ2) is 8.65. The number of halogens is 3. The maximum Gasteiger partial charge on any atom is 0.471 e. The maximum atomic E-state index is 13.0. The van der Waals surface area contributed by atoms with Crippen molar-refractivity contribution in [3.63, 3.8) is 0 Å². The Labute approximate surface area is 166 Å². The Bertz CT molecular complexity index is 871. The first-order chi connectivity index (χ1) is 13.8. The van der Waals surface area contributed by atoms with E-state index in [1.165, 1.54) is 0 Å². The molecule has 0 saturated heterocycles. The zero-order chi connectivity index (χ0) is 21.0. The van der Waals surface area contributed by atoms with Crippen molar-refractivity contribution in [2.24, 2.45) is 5.73 Å². The Morgan fingerprint density at radius 3 is 2.41 bits per heavy atom. The molecule has 5 nitrogen and oxygen atoms in total. The highest BCUT2D eigenvalue weighted by Gasteiger charge is 2.46. The number of hydrogen-bond donors (Lipinski definition) is 1. The van der Waals surface area contributed by atoms with E-state index in [4.69, 9.17) is 10.5 Å². The number of nitrogens with zero attached hydrogens (tertiary/aromatic N) is 1. The largest absolute Gasteiger partial charge is 0.471 e. The van der Waals surface area contributed by atoms with E-state index in [0.717, 1.165) is 11.1 Å². The number of amides is 1. The lowest BCUT2D eigenvalue weighted by Crippen LogP contribution is -2.53. The van der Waals surface area contributed by atoms with Crippen molar-refractivity contribution in [3.8, 4) is 0 Å². The van der Waals surface area contributed by atoms with E-state index in [1.54, 1.807) is 48.5 Å². The van der Waals surface area contributed by atoms with Crippen LogP contribution in [0.5, 0.6) is 0 Å². The van der Waals surface area contributed by atoms with E-state index < -0.39 is 30.1 Å². The maximum absolute atomic E-state index is 13.0. The van der Waals surface area contributed by atoms with Gasteiger partial charge in [0.25, 0.3) is 0 Å². The molecule has 1 aliphatic rings. The van der Waals surface area contributed by atoms with Gasteiger partial charge < -0.3 is 15.4 Å². The Hall–Kier alpha value is -2.87. The number of alkyl halides is 3. The molecule has 0 saturated carbocycles. The van der Waals surface area contributed by atoms with Crippen LogP contribution in [0.1, 0.15) is 29.0 Å². The molecule has 0 fully saturated rings. The number of hydrogen-bond acceptors (Lipinski definition) is 4. The third kappa shape index (κ3) is 4.95. The molecule has 154 valence electrons. The van der Waals surface area contributed by atoms with E-state index in [2.05, 4.69) is 0 Å². The number of esters is 1. The molecule has 0 bridgehead atoms. The molecule has 2 aromatic carbocycles. The Kier molecular flexibility index (Phi) is 6.22. The first-order valence-electron chi connectivity index (χ1n) is 9.18. The molecule has 3 rings (SSSR count).